The molecule has 1 rings (SSSR count). The van der Waals surface area contributed by atoms with Gasteiger partial charge < -0.3 is 4.74 Å². The van der Waals surface area contributed by atoms with Crippen molar-refractivity contribution in [2.45, 2.75) is 12.3 Å². The summed E-state index contributed by atoms with van der Waals surface area (Å²) in [6, 6.07) is 3.19. The number of methoxy groups -OCH3 is 1. The van der Waals surface area contributed by atoms with Gasteiger partial charge in [0, 0.05) is 5.56 Å². The van der Waals surface area contributed by atoms with E-state index in [0.717, 1.165) is 12.1 Å². The first-order valence-electron chi connectivity index (χ1n) is 4.35. The molecule has 2 nitrogen and oxygen atoms in total. The van der Waals surface area contributed by atoms with E-state index in [1.165, 1.54) is 13.2 Å². The van der Waals surface area contributed by atoms with Gasteiger partial charge in [-0.25, -0.2) is 8.78 Å². The molecule has 0 heterocycles. The van der Waals surface area contributed by atoms with E-state index in [2.05, 4.69) is 0 Å². The summed E-state index contributed by atoms with van der Waals surface area (Å²) >= 11 is 5.53. The summed E-state index contributed by atoms with van der Waals surface area (Å²) in [6.07, 6.45) is -4.08. The Bertz CT molecular complexity index is 434. The van der Waals surface area contributed by atoms with Crippen molar-refractivity contribution in [1.82, 2.24) is 0 Å². The number of benzene rings is 1. The quantitative estimate of drug-likeness (QED) is 0.619. The molecule has 0 saturated carbocycles. The van der Waals surface area contributed by atoms with E-state index in [-0.39, 0.29) is 10.8 Å². The van der Waals surface area contributed by atoms with Crippen molar-refractivity contribution < 1.29 is 27.1 Å². The Morgan fingerprint density at radius 3 is 2.41 bits per heavy atom. The third-order valence-corrected chi connectivity index (χ3v) is 2.31. The molecule has 0 aromatic heterocycles. The molecular formula is C10H7ClF4O2. The van der Waals surface area contributed by atoms with Gasteiger partial charge >= 0.3 is 12.3 Å². The smallest absolute Gasteiger partial charge is 0.368 e. The van der Waals surface area contributed by atoms with Crippen LogP contribution in [0.1, 0.15) is 10.4 Å². The number of alkyl halides is 4. The number of rotatable bonds is 4. The Labute approximate surface area is 99.1 Å². The van der Waals surface area contributed by atoms with E-state index < -0.39 is 23.7 Å². The number of Topliss-reactive ketones (excluding diaryl/α,β-unsaturated/α-hetero) is 1. The van der Waals surface area contributed by atoms with E-state index in [4.69, 9.17) is 16.3 Å². The standard InChI is InChI=1S/C10H7ClF4O2/c1-17-5-2-3-6(7(11)4-5)8(16)10(14,15)9(12)13/h2-4,9H,1H3. The molecular weight excluding hydrogens is 264 g/mol. The second-order valence-corrected chi connectivity index (χ2v) is 3.51. The van der Waals surface area contributed by atoms with Gasteiger partial charge in [-0.15, -0.1) is 0 Å². The Morgan fingerprint density at radius 2 is 2.00 bits per heavy atom. The molecule has 7 heteroatoms. The van der Waals surface area contributed by atoms with Crippen LogP contribution in [-0.2, 0) is 0 Å². The van der Waals surface area contributed by atoms with Gasteiger partial charge in [0.1, 0.15) is 5.75 Å². The van der Waals surface area contributed by atoms with Gasteiger partial charge in [-0.2, -0.15) is 8.78 Å². The average Bonchev–Trinajstić information content (AvgIpc) is 2.27. The number of hydrogen-bond acceptors (Lipinski definition) is 2. The molecule has 0 unspecified atom stereocenters. The first kappa shape index (κ1) is 13.8. The summed E-state index contributed by atoms with van der Waals surface area (Å²) in [5.74, 6) is -6.54. The lowest BCUT2D eigenvalue weighted by Gasteiger charge is -2.14. The van der Waals surface area contributed by atoms with Crippen molar-refractivity contribution in [2.24, 2.45) is 0 Å². The van der Waals surface area contributed by atoms with E-state index in [0.29, 0.717) is 0 Å². The van der Waals surface area contributed by atoms with Crippen LogP contribution in [0, 0.1) is 0 Å². The third kappa shape index (κ3) is 2.69. The fourth-order valence-electron chi connectivity index (χ4n) is 1.09. The summed E-state index contributed by atoms with van der Waals surface area (Å²) in [5, 5.41) is -0.366. The summed E-state index contributed by atoms with van der Waals surface area (Å²) in [6.45, 7) is 0. The molecule has 0 fully saturated rings. The van der Waals surface area contributed by atoms with Gasteiger partial charge in [-0.05, 0) is 18.2 Å². The lowest BCUT2D eigenvalue weighted by molar-refractivity contribution is -0.0958. The van der Waals surface area contributed by atoms with Crippen LogP contribution >= 0.6 is 11.6 Å². The van der Waals surface area contributed by atoms with Crippen molar-refractivity contribution in [3.05, 3.63) is 28.8 Å². The number of carbonyl (C=O) groups is 1. The van der Waals surface area contributed by atoms with Crippen LogP contribution in [0.2, 0.25) is 5.02 Å². The normalized spacial score (nSPS) is 11.7. The van der Waals surface area contributed by atoms with Crippen LogP contribution in [0.25, 0.3) is 0 Å². The summed E-state index contributed by atoms with van der Waals surface area (Å²) < 4.78 is 54.3. The van der Waals surface area contributed by atoms with Crippen molar-refractivity contribution >= 4 is 17.4 Å². The molecule has 0 radical (unpaired) electrons. The van der Waals surface area contributed by atoms with E-state index in [9.17, 15) is 22.4 Å². The first-order valence-corrected chi connectivity index (χ1v) is 4.72. The predicted octanol–water partition coefficient (Wildman–Crippen LogP) is 3.43. The number of halogens is 5. The van der Waals surface area contributed by atoms with Gasteiger partial charge in [0.25, 0.3) is 0 Å². The minimum Gasteiger partial charge on any atom is -0.497 e. The molecule has 0 bridgehead atoms. The zero-order valence-electron chi connectivity index (χ0n) is 8.52. The SMILES string of the molecule is COc1ccc(C(=O)C(F)(F)C(F)F)c(Cl)c1. The predicted molar refractivity (Wildman–Crippen MR) is 53.3 cm³/mol. The van der Waals surface area contributed by atoms with Crippen LogP contribution in [-0.4, -0.2) is 25.2 Å². The molecule has 1 aromatic rings. The fourth-order valence-corrected chi connectivity index (χ4v) is 1.34. The minimum absolute atomic E-state index is 0.229. The second-order valence-electron chi connectivity index (χ2n) is 3.10. The summed E-state index contributed by atoms with van der Waals surface area (Å²) in [7, 11) is 1.31. The molecule has 0 amide bonds. The Kier molecular flexibility index (Phi) is 3.98. The van der Waals surface area contributed by atoms with E-state index >= 15 is 0 Å². The fraction of sp³-hybridized carbons (Fsp3) is 0.300. The van der Waals surface area contributed by atoms with Crippen LogP contribution in [0.15, 0.2) is 18.2 Å². The lowest BCUT2D eigenvalue weighted by atomic mass is 10.1. The highest BCUT2D eigenvalue weighted by Gasteiger charge is 2.49. The maximum absolute atomic E-state index is 12.8. The third-order valence-electron chi connectivity index (χ3n) is 2.00. The molecule has 0 aliphatic rings. The van der Waals surface area contributed by atoms with Crippen LogP contribution in [0.4, 0.5) is 17.6 Å². The van der Waals surface area contributed by atoms with Crippen molar-refractivity contribution in [1.29, 1.82) is 0 Å². The molecule has 0 aliphatic carbocycles. The number of carbonyl (C=O) groups excluding carboxylic acids is 1. The van der Waals surface area contributed by atoms with Crippen molar-refractivity contribution in [3.63, 3.8) is 0 Å². The molecule has 0 N–H and O–H groups in total. The van der Waals surface area contributed by atoms with Gasteiger partial charge in [-0.3, -0.25) is 4.79 Å². The molecule has 94 valence electrons. The second kappa shape index (κ2) is 4.91. The lowest BCUT2D eigenvalue weighted by Crippen LogP contribution is -2.36. The van der Waals surface area contributed by atoms with Crippen LogP contribution < -0.4 is 4.74 Å². The van der Waals surface area contributed by atoms with Gasteiger partial charge in [0.05, 0.1) is 12.1 Å². The van der Waals surface area contributed by atoms with Crippen LogP contribution in [0.5, 0.6) is 5.75 Å². The van der Waals surface area contributed by atoms with E-state index in [1.807, 2.05) is 0 Å². The molecule has 0 atom stereocenters. The van der Waals surface area contributed by atoms with Crippen LogP contribution in [0.3, 0.4) is 0 Å². The highest BCUT2D eigenvalue weighted by molar-refractivity contribution is 6.34. The van der Waals surface area contributed by atoms with E-state index in [1.54, 1.807) is 0 Å². The minimum atomic E-state index is -4.75. The van der Waals surface area contributed by atoms with Crippen molar-refractivity contribution in [2.75, 3.05) is 7.11 Å². The Morgan fingerprint density at radius 1 is 1.41 bits per heavy atom. The highest BCUT2D eigenvalue weighted by Crippen LogP contribution is 2.31. The molecule has 0 aliphatic heterocycles. The zero-order valence-corrected chi connectivity index (χ0v) is 9.27. The van der Waals surface area contributed by atoms with Gasteiger partial charge in [0.2, 0.25) is 5.78 Å². The maximum atomic E-state index is 12.8. The van der Waals surface area contributed by atoms with Gasteiger partial charge in [-0.1, -0.05) is 11.6 Å². The highest BCUT2D eigenvalue weighted by atomic mass is 35.5. The monoisotopic (exact) mass is 270 g/mol. The Balaban J connectivity index is 3.13. The Hall–Kier alpha value is -1.30. The number of ether oxygens (including phenoxy) is 1. The number of ketones is 1. The topological polar surface area (TPSA) is 26.3 Å². The molecule has 0 spiro atoms. The largest absolute Gasteiger partial charge is 0.497 e. The molecule has 0 saturated heterocycles. The average molecular weight is 271 g/mol. The summed E-state index contributed by atoms with van der Waals surface area (Å²) in [4.78, 5) is 11.2. The molecule has 1 aromatic carbocycles. The van der Waals surface area contributed by atoms with Crippen molar-refractivity contribution in [3.8, 4) is 5.75 Å². The number of hydrogen-bond donors (Lipinski definition) is 0. The molecule has 17 heavy (non-hydrogen) atoms. The zero-order chi connectivity index (χ0) is 13.2. The maximum Gasteiger partial charge on any atom is 0.368 e. The van der Waals surface area contributed by atoms with Gasteiger partial charge in [0.15, 0.2) is 0 Å². The first-order chi connectivity index (χ1) is 7.80. The summed E-state index contributed by atoms with van der Waals surface area (Å²) in [5.41, 5.74) is -0.669.